The summed E-state index contributed by atoms with van der Waals surface area (Å²) in [6, 6.07) is 23.5. The maximum atomic E-state index is 13.0. The Morgan fingerprint density at radius 3 is 2.38 bits per heavy atom. The largest absolute Gasteiger partial charge is 0.352 e. The maximum Gasteiger partial charge on any atom is 0.239 e. The van der Waals surface area contributed by atoms with Crippen LogP contribution in [-0.2, 0) is 11.2 Å². The summed E-state index contributed by atoms with van der Waals surface area (Å²) in [4.78, 5) is 26.1. The normalized spacial score (nSPS) is 14.9. The third-order valence-corrected chi connectivity index (χ3v) is 6.55. The highest BCUT2D eigenvalue weighted by Crippen LogP contribution is 2.29. The van der Waals surface area contributed by atoms with Gasteiger partial charge >= 0.3 is 0 Å². The number of amides is 1. The van der Waals surface area contributed by atoms with Crippen molar-refractivity contribution in [1.29, 1.82) is 0 Å². The molecule has 5 rings (SSSR count). The number of carbonyl (C=O) groups is 1. The fraction of sp³-hybridized carbons (Fsp3) is 0.222. The van der Waals surface area contributed by atoms with Gasteiger partial charge in [-0.3, -0.25) is 4.79 Å². The first-order valence-corrected chi connectivity index (χ1v) is 11.8. The van der Waals surface area contributed by atoms with Crippen LogP contribution in [0.25, 0.3) is 22.0 Å². The van der Waals surface area contributed by atoms with E-state index in [2.05, 4.69) is 39.1 Å². The number of halogens is 1. The fourth-order valence-corrected chi connectivity index (χ4v) is 4.57. The summed E-state index contributed by atoms with van der Waals surface area (Å²) < 4.78 is 0. The second-order valence-electron chi connectivity index (χ2n) is 8.54. The topological polar surface area (TPSA) is 75.4 Å². The highest BCUT2D eigenvalue weighted by molar-refractivity contribution is 6.30. The zero-order valence-electron chi connectivity index (χ0n) is 18.8. The molecule has 0 saturated carbocycles. The fourth-order valence-electron chi connectivity index (χ4n) is 4.44. The Labute approximate surface area is 204 Å². The van der Waals surface area contributed by atoms with Crippen molar-refractivity contribution in [1.82, 2.24) is 14.9 Å². The molecule has 1 aliphatic rings. The Kier molecular flexibility index (Phi) is 6.43. The maximum absolute atomic E-state index is 13.0. The minimum absolute atomic E-state index is 0.0199. The summed E-state index contributed by atoms with van der Waals surface area (Å²) in [5.74, 6) is 0.883. The molecule has 0 spiro atoms. The van der Waals surface area contributed by atoms with Crippen molar-refractivity contribution in [2.75, 3.05) is 31.1 Å². The van der Waals surface area contributed by atoms with Crippen molar-refractivity contribution in [2.24, 2.45) is 5.73 Å². The van der Waals surface area contributed by atoms with Crippen molar-refractivity contribution in [3.63, 3.8) is 0 Å². The van der Waals surface area contributed by atoms with Crippen molar-refractivity contribution >= 4 is 34.2 Å². The molecule has 1 aromatic heterocycles. The zero-order chi connectivity index (χ0) is 23.5. The Morgan fingerprint density at radius 1 is 0.912 bits per heavy atom. The van der Waals surface area contributed by atoms with Gasteiger partial charge < -0.3 is 15.5 Å². The number of fused-ring (bicyclic) bond motifs is 1. The van der Waals surface area contributed by atoms with Gasteiger partial charge in [0.05, 0.1) is 11.6 Å². The minimum atomic E-state index is -0.568. The molecule has 1 fully saturated rings. The summed E-state index contributed by atoms with van der Waals surface area (Å²) in [7, 11) is 0. The lowest BCUT2D eigenvalue weighted by atomic mass is 10.0. The predicted octanol–water partition coefficient (Wildman–Crippen LogP) is 4.17. The van der Waals surface area contributed by atoms with Crippen molar-refractivity contribution in [3.8, 4) is 11.1 Å². The number of benzene rings is 3. The van der Waals surface area contributed by atoms with E-state index in [1.54, 1.807) is 6.33 Å². The van der Waals surface area contributed by atoms with E-state index < -0.39 is 6.04 Å². The smallest absolute Gasteiger partial charge is 0.239 e. The molecule has 3 aromatic carbocycles. The van der Waals surface area contributed by atoms with E-state index in [1.165, 1.54) is 0 Å². The lowest BCUT2D eigenvalue weighted by Crippen LogP contribution is -2.53. The molecule has 4 aromatic rings. The lowest BCUT2D eigenvalue weighted by molar-refractivity contribution is -0.132. The first kappa shape index (κ1) is 22.3. The molecule has 1 atom stereocenters. The molecule has 0 bridgehead atoms. The summed E-state index contributed by atoms with van der Waals surface area (Å²) >= 11 is 5.95. The van der Waals surface area contributed by atoms with Gasteiger partial charge in [-0.05, 0) is 47.4 Å². The second-order valence-corrected chi connectivity index (χ2v) is 8.98. The quantitative estimate of drug-likeness (QED) is 0.473. The third-order valence-electron chi connectivity index (χ3n) is 6.30. The molecule has 0 aliphatic carbocycles. The van der Waals surface area contributed by atoms with Gasteiger partial charge in [0.1, 0.15) is 12.1 Å². The number of piperazine rings is 1. The van der Waals surface area contributed by atoms with Crippen LogP contribution in [-0.4, -0.2) is 53.0 Å². The zero-order valence-corrected chi connectivity index (χ0v) is 19.5. The number of hydrogen-bond acceptors (Lipinski definition) is 5. The van der Waals surface area contributed by atoms with E-state index in [1.807, 2.05) is 53.4 Å². The predicted molar refractivity (Wildman–Crippen MR) is 137 cm³/mol. The lowest BCUT2D eigenvalue weighted by Gasteiger charge is -2.36. The van der Waals surface area contributed by atoms with Gasteiger partial charge in [-0.2, -0.15) is 0 Å². The average molecular weight is 472 g/mol. The molecular weight excluding hydrogens is 446 g/mol. The standard InChI is InChI=1S/C27H26ClN5O/c28-22-9-6-19(7-10-22)16-24(29)27(34)33-14-12-32(13-15-33)26-23-17-21(20-4-2-1-3-5-20)8-11-25(23)30-18-31-26/h1-11,17-18,24H,12-16,29H2. The van der Waals surface area contributed by atoms with Crippen molar-refractivity contribution in [2.45, 2.75) is 12.5 Å². The molecule has 1 amide bonds. The number of nitrogens with zero attached hydrogens (tertiary/aromatic N) is 4. The van der Waals surface area contributed by atoms with Gasteiger partial charge in [0.15, 0.2) is 0 Å². The molecule has 1 aliphatic heterocycles. The molecule has 6 nitrogen and oxygen atoms in total. The molecule has 172 valence electrons. The van der Waals surface area contributed by atoms with Crippen LogP contribution in [0.1, 0.15) is 5.56 Å². The Morgan fingerprint density at radius 2 is 1.65 bits per heavy atom. The number of carbonyl (C=O) groups excluding carboxylic acids is 1. The van der Waals surface area contributed by atoms with Gasteiger partial charge in [-0.15, -0.1) is 0 Å². The van der Waals surface area contributed by atoms with Crippen LogP contribution >= 0.6 is 11.6 Å². The third kappa shape index (κ3) is 4.74. The average Bonchev–Trinajstić information content (AvgIpc) is 2.89. The van der Waals surface area contributed by atoms with Gasteiger partial charge in [-0.1, -0.05) is 60.1 Å². The number of rotatable bonds is 5. The number of hydrogen-bond donors (Lipinski definition) is 1. The van der Waals surface area contributed by atoms with E-state index in [4.69, 9.17) is 17.3 Å². The van der Waals surface area contributed by atoms with Crippen LogP contribution in [0.4, 0.5) is 5.82 Å². The van der Waals surface area contributed by atoms with Gasteiger partial charge in [-0.25, -0.2) is 9.97 Å². The van der Waals surface area contributed by atoms with Gasteiger partial charge in [0, 0.05) is 36.6 Å². The summed E-state index contributed by atoms with van der Waals surface area (Å²) in [6.07, 6.45) is 2.11. The molecule has 34 heavy (non-hydrogen) atoms. The Balaban J connectivity index is 1.29. The highest BCUT2D eigenvalue weighted by atomic mass is 35.5. The van der Waals surface area contributed by atoms with Gasteiger partial charge in [0.25, 0.3) is 0 Å². The van der Waals surface area contributed by atoms with E-state index in [0.29, 0.717) is 37.6 Å². The summed E-state index contributed by atoms with van der Waals surface area (Å²) in [5.41, 5.74) is 10.5. The molecule has 1 saturated heterocycles. The van der Waals surface area contributed by atoms with Crippen LogP contribution in [0.2, 0.25) is 5.02 Å². The molecule has 2 heterocycles. The second kappa shape index (κ2) is 9.79. The minimum Gasteiger partial charge on any atom is -0.352 e. The first-order valence-electron chi connectivity index (χ1n) is 11.4. The van der Waals surface area contributed by atoms with E-state index in [-0.39, 0.29) is 5.91 Å². The van der Waals surface area contributed by atoms with Crippen molar-refractivity contribution < 1.29 is 4.79 Å². The Hall–Kier alpha value is -3.48. The van der Waals surface area contributed by atoms with Crippen LogP contribution in [0.5, 0.6) is 0 Å². The molecule has 2 N–H and O–H groups in total. The SMILES string of the molecule is NC(Cc1ccc(Cl)cc1)C(=O)N1CCN(c2ncnc3ccc(-c4ccccc4)cc23)CC1. The number of anilines is 1. The Bertz CT molecular complexity index is 1290. The van der Waals surface area contributed by atoms with Crippen LogP contribution in [0.3, 0.4) is 0 Å². The van der Waals surface area contributed by atoms with E-state index in [9.17, 15) is 4.79 Å². The highest BCUT2D eigenvalue weighted by Gasteiger charge is 2.26. The number of nitrogens with two attached hydrogens (primary N) is 1. The molecule has 0 radical (unpaired) electrons. The monoisotopic (exact) mass is 471 g/mol. The van der Waals surface area contributed by atoms with Gasteiger partial charge in [0.2, 0.25) is 5.91 Å². The van der Waals surface area contributed by atoms with Crippen molar-refractivity contribution in [3.05, 3.63) is 89.7 Å². The molecule has 1 unspecified atom stereocenters. The first-order chi connectivity index (χ1) is 16.6. The van der Waals surface area contributed by atoms with E-state index >= 15 is 0 Å². The van der Waals surface area contributed by atoms with Crippen LogP contribution in [0, 0.1) is 0 Å². The summed E-state index contributed by atoms with van der Waals surface area (Å²) in [5, 5.41) is 1.69. The summed E-state index contributed by atoms with van der Waals surface area (Å²) in [6.45, 7) is 2.61. The molecular formula is C27H26ClN5O. The number of aromatic nitrogens is 2. The molecule has 7 heteroatoms. The van der Waals surface area contributed by atoms with Crippen LogP contribution < -0.4 is 10.6 Å². The van der Waals surface area contributed by atoms with Crippen LogP contribution in [0.15, 0.2) is 79.1 Å². The van der Waals surface area contributed by atoms with E-state index in [0.717, 1.165) is 33.4 Å².